The molecule has 0 amide bonds. The number of nitrogens with zero attached hydrogens (tertiary/aromatic N) is 2. The van der Waals surface area contributed by atoms with Crippen molar-refractivity contribution in [3.63, 3.8) is 0 Å². The predicted molar refractivity (Wildman–Crippen MR) is 204 cm³/mol. The van der Waals surface area contributed by atoms with Crippen LogP contribution in [0.2, 0.25) is 0 Å². The summed E-state index contributed by atoms with van der Waals surface area (Å²) in [5.74, 6) is -3.29. The molecular formula is C40H74N2O13. The molecule has 3 fully saturated rings. The Bertz CT molecular complexity index is 1250. The lowest BCUT2D eigenvalue weighted by Gasteiger charge is -2.48. The van der Waals surface area contributed by atoms with E-state index in [9.17, 15) is 30.0 Å². The predicted octanol–water partition coefficient (Wildman–Crippen LogP) is 2.47. The van der Waals surface area contributed by atoms with Crippen molar-refractivity contribution in [2.24, 2.45) is 17.8 Å². The second-order valence-corrected chi connectivity index (χ2v) is 17.8. The third-order valence-corrected chi connectivity index (χ3v) is 12.5. The van der Waals surface area contributed by atoms with Gasteiger partial charge in [0.25, 0.3) is 0 Å². The highest BCUT2D eigenvalue weighted by molar-refractivity contribution is 5.73. The molecule has 0 aromatic heterocycles. The van der Waals surface area contributed by atoms with Crippen molar-refractivity contribution in [1.82, 2.24) is 9.80 Å². The van der Waals surface area contributed by atoms with E-state index in [1.54, 1.807) is 34.6 Å². The van der Waals surface area contributed by atoms with Crippen molar-refractivity contribution in [3.05, 3.63) is 0 Å². The molecule has 15 nitrogen and oxygen atoms in total. The molecule has 0 bridgehead atoms. The molecular weight excluding hydrogens is 716 g/mol. The van der Waals surface area contributed by atoms with Crippen LogP contribution in [-0.2, 0) is 42.7 Å². The van der Waals surface area contributed by atoms with Gasteiger partial charge in [-0.15, -0.1) is 0 Å². The van der Waals surface area contributed by atoms with Crippen molar-refractivity contribution in [2.75, 3.05) is 34.8 Å². The highest BCUT2D eigenvalue weighted by Gasteiger charge is 2.53. The summed E-state index contributed by atoms with van der Waals surface area (Å²) in [6.45, 7) is 19.3. The van der Waals surface area contributed by atoms with Crippen LogP contribution in [0.5, 0.6) is 0 Å². The van der Waals surface area contributed by atoms with E-state index >= 15 is 0 Å². The zero-order valence-electron chi connectivity index (χ0n) is 36.1. The number of hydrogen-bond donors (Lipinski definition) is 4. The van der Waals surface area contributed by atoms with Crippen LogP contribution in [0, 0.1) is 17.8 Å². The van der Waals surface area contributed by atoms with E-state index in [4.69, 9.17) is 33.2 Å². The molecule has 0 saturated carbocycles. The van der Waals surface area contributed by atoms with E-state index < -0.39 is 102 Å². The summed E-state index contributed by atoms with van der Waals surface area (Å²) in [6, 6.07) is -0.819. The van der Waals surface area contributed by atoms with Gasteiger partial charge in [0, 0.05) is 45.0 Å². The monoisotopic (exact) mass is 791 g/mol. The van der Waals surface area contributed by atoms with Gasteiger partial charge in [-0.25, -0.2) is 0 Å². The number of carbonyl (C=O) groups excluding carboxylic acids is 2. The first-order valence-electron chi connectivity index (χ1n) is 20.0. The molecule has 3 heterocycles. The summed E-state index contributed by atoms with van der Waals surface area (Å²) in [5.41, 5.74) is -4.43. The van der Waals surface area contributed by atoms with Crippen LogP contribution in [0.15, 0.2) is 0 Å². The Balaban J connectivity index is 2.21. The Morgan fingerprint density at radius 2 is 1.60 bits per heavy atom. The van der Waals surface area contributed by atoms with E-state index in [1.165, 1.54) is 21.0 Å². The van der Waals surface area contributed by atoms with E-state index in [1.807, 2.05) is 58.6 Å². The first-order valence-corrected chi connectivity index (χ1v) is 20.0. The van der Waals surface area contributed by atoms with Crippen LogP contribution >= 0.6 is 0 Å². The molecule has 0 aromatic rings. The number of ether oxygens (including phenoxy) is 7. The number of rotatable bonds is 8. The minimum absolute atomic E-state index is 0.117. The maximum absolute atomic E-state index is 14.4. The highest BCUT2D eigenvalue weighted by Crippen LogP contribution is 2.40. The molecule has 55 heavy (non-hydrogen) atoms. The second kappa shape index (κ2) is 19.0. The van der Waals surface area contributed by atoms with Gasteiger partial charge in [-0.3, -0.25) is 14.5 Å². The van der Waals surface area contributed by atoms with E-state index in [0.717, 1.165) is 0 Å². The van der Waals surface area contributed by atoms with Gasteiger partial charge in [0.05, 0.1) is 41.5 Å². The van der Waals surface area contributed by atoms with Crippen molar-refractivity contribution in [3.8, 4) is 0 Å². The number of likely N-dealkylation sites (N-methyl/N-ethyl adjacent to an activating group) is 2. The first-order chi connectivity index (χ1) is 25.3. The second-order valence-electron chi connectivity index (χ2n) is 17.8. The molecule has 3 rings (SSSR count). The maximum Gasteiger partial charge on any atom is 0.311 e. The van der Waals surface area contributed by atoms with Crippen LogP contribution in [-0.4, -0.2) is 167 Å². The third kappa shape index (κ3) is 11.2. The van der Waals surface area contributed by atoms with E-state index in [0.29, 0.717) is 13.0 Å². The van der Waals surface area contributed by atoms with Gasteiger partial charge in [0.1, 0.15) is 30.0 Å². The van der Waals surface area contributed by atoms with Crippen LogP contribution in [0.1, 0.15) is 102 Å². The molecule has 3 aliphatic heterocycles. The first kappa shape index (κ1) is 47.9. The summed E-state index contributed by atoms with van der Waals surface area (Å²) < 4.78 is 43.5. The Labute approximate surface area is 329 Å². The van der Waals surface area contributed by atoms with Crippen LogP contribution in [0.4, 0.5) is 0 Å². The molecule has 322 valence electrons. The molecule has 3 saturated heterocycles. The Morgan fingerprint density at radius 3 is 2.15 bits per heavy atom. The van der Waals surface area contributed by atoms with Crippen molar-refractivity contribution < 1.29 is 63.2 Å². The smallest absolute Gasteiger partial charge is 0.311 e. The quantitative estimate of drug-likeness (QED) is 0.263. The molecule has 0 aromatic carbocycles. The Hall–Kier alpha value is -1.50. The largest absolute Gasteiger partial charge is 0.459 e. The van der Waals surface area contributed by atoms with Crippen molar-refractivity contribution in [1.29, 1.82) is 0 Å². The lowest BCUT2D eigenvalue weighted by molar-refractivity contribution is -0.318. The molecule has 10 unspecified atom stereocenters. The lowest BCUT2D eigenvalue weighted by Crippen LogP contribution is -2.60. The Morgan fingerprint density at radius 1 is 0.982 bits per heavy atom. The van der Waals surface area contributed by atoms with Gasteiger partial charge in [0.2, 0.25) is 0 Å². The third-order valence-electron chi connectivity index (χ3n) is 12.5. The fraction of sp³-hybridized carbons (Fsp3) is 0.950. The summed E-state index contributed by atoms with van der Waals surface area (Å²) >= 11 is 0. The lowest BCUT2D eigenvalue weighted by atomic mass is 9.77. The number of carbonyl (C=O) groups is 2. The fourth-order valence-corrected chi connectivity index (χ4v) is 9.12. The minimum atomic E-state index is -1.81. The van der Waals surface area contributed by atoms with Crippen LogP contribution in [0.3, 0.4) is 0 Å². The topological polar surface area (TPSA) is 186 Å². The zero-order valence-corrected chi connectivity index (χ0v) is 36.1. The number of hydrogen-bond acceptors (Lipinski definition) is 15. The summed E-state index contributed by atoms with van der Waals surface area (Å²) in [7, 11) is 7.11. The van der Waals surface area contributed by atoms with Gasteiger partial charge in [-0.2, -0.15) is 0 Å². The number of aliphatic hydroxyl groups excluding tert-OH is 2. The van der Waals surface area contributed by atoms with Gasteiger partial charge in [-0.1, -0.05) is 20.8 Å². The summed E-state index contributed by atoms with van der Waals surface area (Å²) in [5, 5.41) is 47.3. The summed E-state index contributed by atoms with van der Waals surface area (Å²) in [4.78, 5) is 30.7. The minimum Gasteiger partial charge on any atom is -0.459 e. The van der Waals surface area contributed by atoms with Crippen LogP contribution in [0.25, 0.3) is 0 Å². The molecule has 15 heteroatoms. The van der Waals surface area contributed by atoms with Gasteiger partial charge in [0.15, 0.2) is 12.6 Å². The van der Waals surface area contributed by atoms with Gasteiger partial charge < -0.3 is 58.5 Å². The number of aliphatic hydroxyl groups is 4. The SMILES string of the molecule is CCC1OC(=O)C(C)C(O[C@H]2C[C@@](C)(OC)[C@@H](O)[C@H](C)O2)C(C)C(O[C@@H]2O[C@H](C)C[C@H](N(C)C)[C@H]2O)C(C)(O)CC(C)CN(C)C(C)C(OC(C)=O)C1(C)O. The number of cyclic esters (lactones) is 1. The molecule has 0 aliphatic carbocycles. The zero-order chi connectivity index (χ0) is 42.0. The van der Waals surface area contributed by atoms with Gasteiger partial charge >= 0.3 is 11.9 Å². The average Bonchev–Trinajstić information content (AvgIpc) is 3.08. The van der Waals surface area contributed by atoms with Crippen molar-refractivity contribution >= 4 is 11.9 Å². The average molecular weight is 791 g/mol. The normalized spacial score (nSPS) is 47.4. The molecule has 18 atom stereocenters. The maximum atomic E-state index is 14.4. The van der Waals surface area contributed by atoms with E-state index in [-0.39, 0.29) is 37.3 Å². The molecule has 0 spiro atoms. The Kier molecular flexibility index (Phi) is 16.6. The van der Waals surface area contributed by atoms with Crippen molar-refractivity contribution in [2.45, 2.75) is 192 Å². The molecule has 4 N–H and O–H groups in total. The highest BCUT2D eigenvalue weighted by atomic mass is 16.7. The standard InChI is InChI=1S/C40H74N2O13/c1-16-29-40(11,48)35(52-27(8)43)25(6)42(14)20-21(2)18-38(9,47)34(55-37-31(44)28(41(12)13)17-22(3)50-37)23(4)32(24(5)36(46)53-29)54-30-19-39(10,49-15)33(45)26(7)51-30/h21-26,28-35,37,44-45,47-48H,16-20H2,1-15H3/t21?,22-,23?,24?,25?,26+,28+,29?,30+,31-,32?,33+,34?,35?,37+,38?,39-,40?/m1/s1. The summed E-state index contributed by atoms with van der Waals surface area (Å²) in [6.07, 6.45) is -8.27. The fourth-order valence-electron chi connectivity index (χ4n) is 9.12. The number of esters is 2. The molecule has 3 aliphatic rings. The molecule has 0 radical (unpaired) electrons. The van der Waals surface area contributed by atoms with E-state index in [2.05, 4.69) is 0 Å². The van der Waals surface area contributed by atoms with Gasteiger partial charge in [-0.05, 0) is 94.8 Å². The number of methoxy groups -OCH3 is 1. The van der Waals surface area contributed by atoms with Crippen LogP contribution < -0.4 is 0 Å².